The highest BCUT2D eigenvalue weighted by atomic mass is 35.5. The van der Waals surface area contributed by atoms with Crippen molar-refractivity contribution in [3.05, 3.63) is 59.1 Å². The maximum Gasteiger partial charge on any atom is 0.322 e. The van der Waals surface area contributed by atoms with Gasteiger partial charge in [0.05, 0.1) is 19.8 Å². The summed E-state index contributed by atoms with van der Waals surface area (Å²) in [6.07, 6.45) is 0. The fourth-order valence-corrected chi connectivity index (χ4v) is 2.39. The van der Waals surface area contributed by atoms with Gasteiger partial charge in [-0.3, -0.25) is 0 Å². The van der Waals surface area contributed by atoms with Gasteiger partial charge in [0.15, 0.2) is 0 Å². The maximum atomic E-state index is 12.4. The van der Waals surface area contributed by atoms with Crippen molar-refractivity contribution in [2.75, 3.05) is 26.1 Å². The molecule has 23 heavy (non-hydrogen) atoms. The van der Waals surface area contributed by atoms with Crippen molar-refractivity contribution in [3.63, 3.8) is 0 Å². The number of amides is 2. The number of nitrogens with zero attached hydrogens (tertiary/aromatic N) is 1. The molecule has 0 saturated carbocycles. The molecule has 0 aromatic heterocycles. The van der Waals surface area contributed by atoms with Gasteiger partial charge in [-0.1, -0.05) is 29.8 Å². The first-order valence-electron chi connectivity index (χ1n) is 7.09. The van der Waals surface area contributed by atoms with Gasteiger partial charge >= 0.3 is 6.03 Å². The van der Waals surface area contributed by atoms with E-state index >= 15 is 0 Å². The van der Waals surface area contributed by atoms with Crippen LogP contribution in [0.4, 0.5) is 10.5 Å². The molecule has 2 amide bonds. The Hall–Kier alpha value is -2.24. The van der Waals surface area contributed by atoms with Crippen LogP contribution in [-0.2, 0) is 0 Å². The number of rotatable bonds is 5. The van der Waals surface area contributed by atoms with Crippen molar-refractivity contribution in [2.45, 2.75) is 6.04 Å². The highest BCUT2D eigenvalue weighted by Gasteiger charge is 2.21. The Morgan fingerprint density at radius 3 is 2.57 bits per heavy atom. The van der Waals surface area contributed by atoms with Crippen molar-refractivity contribution in [1.82, 2.24) is 4.90 Å². The average Bonchev–Trinajstić information content (AvgIpc) is 2.56. The molecule has 0 aliphatic heterocycles. The van der Waals surface area contributed by atoms with Crippen LogP contribution < -0.4 is 10.1 Å². The molecule has 5 nitrogen and oxygen atoms in total. The van der Waals surface area contributed by atoms with Crippen LogP contribution in [0.1, 0.15) is 11.6 Å². The molecule has 2 aromatic carbocycles. The maximum absolute atomic E-state index is 12.4. The van der Waals surface area contributed by atoms with E-state index < -0.39 is 6.04 Å². The van der Waals surface area contributed by atoms with E-state index in [2.05, 4.69) is 5.32 Å². The molecule has 6 heteroatoms. The Morgan fingerprint density at radius 2 is 2.00 bits per heavy atom. The van der Waals surface area contributed by atoms with Crippen LogP contribution in [0.3, 0.4) is 0 Å². The Bertz CT molecular complexity index is 661. The van der Waals surface area contributed by atoms with Gasteiger partial charge in [0.2, 0.25) is 0 Å². The molecule has 2 aromatic rings. The van der Waals surface area contributed by atoms with E-state index in [0.717, 1.165) is 11.3 Å². The Labute approximate surface area is 140 Å². The number of benzene rings is 2. The third-order valence-electron chi connectivity index (χ3n) is 3.54. The zero-order valence-corrected chi connectivity index (χ0v) is 13.7. The minimum atomic E-state index is -0.458. The van der Waals surface area contributed by atoms with E-state index in [1.54, 1.807) is 50.6 Å². The fourth-order valence-electron chi connectivity index (χ4n) is 2.20. The molecule has 0 saturated heterocycles. The van der Waals surface area contributed by atoms with Gasteiger partial charge in [0, 0.05) is 17.8 Å². The summed E-state index contributed by atoms with van der Waals surface area (Å²) in [6.45, 7) is -0.189. The Balaban J connectivity index is 2.11. The number of carbonyl (C=O) groups is 1. The zero-order valence-electron chi connectivity index (χ0n) is 13.0. The molecule has 1 unspecified atom stereocenters. The van der Waals surface area contributed by atoms with Crippen molar-refractivity contribution in [3.8, 4) is 5.75 Å². The molecular weight excluding hydrogens is 316 g/mol. The highest BCUT2D eigenvalue weighted by molar-refractivity contribution is 6.30. The van der Waals surface area contributed by atoms with E-state index in [1.807, 2.05) is 12.1 Å². The second-order valence-electron chi connectivity index (χ2n) is 5.02. The third kappa shape index (κ3) is 4.37. The van der Waals surface area contributed by atoms with E-state index in [4.69, 9.17) is 16.3 Å². The molecule has 0 bridgehead atoms. The quantitative estimate of drug-likeness (QED) is 0.879. The van der Waals surface area contributed by atoms with Gasteiger partial charge < -0.3 is 20.1 Å². The summed E-state index contributed by atoms with van der Waals surface area (Å²) >= 11 is 5.91. The second-order valence-corrected chi connectivity index (χ2v) is 5.46. The van der Waals surface area contributed by atoms with Gasteiger partial charge in [0.1, 0.15) is 5.75 Å². The first-order chi connectivity index (χ1) is 11.0. The molecule has 0 spiro atoms. The van der Waals surface area contributed by atoms with Gasteiger partial charge in [-0.2, -0.15) is 0 Å². The summed E-state index contributed by atoms with van der Waals surface area (Å²) in [6, 6.07) is 13.3. The van der Waals surface area contributed by atoms with Crippen LogP contribution >= 0.6 is 11.6 Å². The molecule has 0 aliphatic rings. The number of halogens is 1. The lowest BCUT2D eigenvalue weighted by Crippen LogP contribution is -2.36. The molecule has 2 N–H and O–H groups in total. The lowest BCUT2D eigenvalue weighted by atomic mass is 10.1. The van der Waals surface area contributed by atoms with Crippen LogP contribution in [0.15, 0.2) is 48.5 Å². The molecule has 2 rings (SSSR count). The number of likely N-dealkylation sites (N-methyl/N-ethyl adjacent to an activating group) is 1. The molecule has 0 radical (unpaired) electrons. The molecule has 0 heterocycles. The normalized spacial score (nSPS) is 11.7. The molecule has 1 atom stereocenters. The molecule has 122 valence electrons. The van der Waals surface area contributed by atoms with Gasteiger partial charge in [-0.25, -0.2) is 4.79 Å². The van der Waals surface area contributed by atoms with Crippen LogP contribution in [0.5, 0.6) is 5.75 Å². The Kier molecular flexibility index (Phi) is 5.84. The number of ether oxygens (including phenoxy) is 1. The average molecular weight is 335 g/mol. The molecule has 0 aliphatic carbocycles. The van der Waals surface area contributed by atoms with Crippen LogP contribution in [0, 0.1) is 0 Å². The monoisotopic (exact) mass is 334 g/mol. The minimum absolute atomic E-state index is 0.189. The number of aliphatic hydroxyl groups is 1. The van der Waals surface area contributed by atoms with Crippen molar-refractivity contribution >= 4 is 23.3 Å². The summed E-state index contributed by atoms with van der Waals surface area (Å²) in [5, 5.41) is 13.0. The van der Waals surface area contributed by atoms with E-state index in [9.17, 15) is 9.90 Å². The first kappa shape index (κ1) is 17.1. The fraction of sp³-hybridized carbons (Fsp3) is 0.235. The highest BCUT2D eigenvalue weighted by Crippen LogP contribution is 2.23. The number of methoxy groups -OCH3 is 1. The smallest absolute Gasteiger partial charge is 0.322 e. The van der Waals surface area contributed by atoms with E-state index in [0.29, 0.717) is 10.7 Å². The number of hydrogen-bond donors (Lipinski definition) is 2. The SMILES string of the molecule is COc1ccc(C(CO)N(C)C(=O)Nc2cccc(Cl)c2)cc1. The van der Waals surface area contributed by atoms with Gasteiger partial charge in [-0.15, -0.1) is 0 Å². The van der Waals surface area contributed by atoms with E-state index in [1.165, 1.54) is 4.90 Å². The standard InChI is InChI=1S/C17H19ClN2O3/c1-20(17(22)19-14-5-3-4-13(18)10-14)16(11-21)12-6-8-15(23-2)9-7-12/h3-10,16,21H,11H2,1-2H3,(H,19,22). The lowest BCUT2D eigenvalue weighted by molar-refractivity contribution is 0.159. The zero-order chi connectivity index (χ0) is 16.8. The van der Waals surface area contributed by atoms with Crippen LogP contribution in [0.2, 0.25) is 5.02 Å². The number of urea groups is 1. The third-order valence-corrected chi connectivity index (χ3v) is 3.77. The number of aliphatic hydroxyl groups excluding tert-OH is 1. The summed E-state index contributed by atoms with van der Waals surface area (Å²) < 4.78 is 5.11. The van der Waals surface area contributed by atoms with Crippen LogP contribution in [-0.4, -0.2) is 36.8 Å². The summed E-state index contributed by atoms with van der Waals surface area (Å²) in [5.74, 6) is 0.719. The minimum Gasteiger partial charge on any atom is -0.497 e. The van der Waals surface area contributed by atoms with Gasteiger partial charge in [0.25, 0.3) is 0 Å². The lowest BCUT2D eigenvalue weighted by Gasteiger charge is -2.27. The number of anilines is 1. The molecular formula is C17H19ClN2O3. The van der Waals surface area contributed by atoms with Crippen molar-refractivity contribution in [2.24, 2.45) is 0 Å². The Morgan fingerprint density at radius 1 is 1.30 bits per heavy atom. The second kappa shape index (κ2) is 7.85. The first-order valence-corrected chi connectivity index (χ1v) is 7.47. The van der Waals surface area contributed by atoms with Crippen molar-refractivity contribution in [1.29, 1.82) is 0 Å². The summed E-state index contributed by atoms with van der Waals surface area (Å²) in [5.41, 5.74) is 1.41. The predicted octanol–water partition coefficient (Wildman–Crippen LogP) is 3.55. The topological polar surface area (TPSA) is 61.8 Å². The predicted molar refractivity (Wildman–Crippen MR) is 91.1 cm³/mol. The summed E-state index contributed by atoms with van der Waals surface area (Å²) in [7, 11) is 3.22. The number of carbonyl (C=O) groups excluding carboxylic acids is 1. The molecule has 0 fully saturated rings. The number of hydrogen-bond acceptors (Lipinski definition) is 3. The number of nitrogens with one attached hydrogen (secondary N) is 1. The van der Waals surface area contributed by atoms with Crippen LogP contribution in [0.25, 0.3) is 0 Å². The van der Waals surface area contributed by atoms with Crippen molar-refractivity contribution < 1.29 is 14.6 Å². The van der Waals surface area contributed by atoms with Gasteiger partial charge in [-0.05, 0) is 35.9 Å². The summed E-state index contributed by atoms with van der Waals surface area (Å²) in [4.78, 5) is 13.8. The largest absolute Gasteiger partial charge is 0.497 e. The van der Waals surface area contributed by atoms with E-state index in [-0.39, 0.29) is 12.6 Å².